The Kier molecular flexibility index (Phi) is 9.84. The molecule has 0 spiro atoms. The number of carbonyl (C=O) groups is 2. The zero-order valence-electron chi connectivity index (χ0n) is 16.4. The van der Waals surface area contributed by atoms with E-state index in [4.69, 9.17) is 4.74 Å². The summed E-state index contributed by atoms with van der Waals surface area (Å²) in [6, 6.07) is 8.69. The molecule has 13 heteroatoms. The van der Waals surface area contributed by atoms with E-state index in [2.05, 4.69) is 0 Å². The number of esters is 1. The largest absolute Gasteiger partial charge is 0.810 e. The van der Waals surface area contributed by atoms with Gasteiger partial charge in [0, 0.05) is 19.1 Å². The lowest BCUT2D eigenvalue weighted by atomic mass is 9.79. The van der Waals surface area contributed by atoms with Crippen LogP contribution < -0.4 is 19.6 Å². The number of ether oxygens (including phenoxy) is 1. The lowest BCUT2D eigenvalue weighted by molar-refractivity contribution is -0.318. The van der Waals surface area contributed by atoms with Crippen molar-refractivity contribution in [1.82, 2.24) is 4.90 Å². The molecule has 0 bridgehead atoms. The van der Waals surface area contributed by atoms with Crippen molar-refractivity contribution in [2.45, 2.75) is 19.8 Å². The van der Waals surface area contributed by atoms with Gasteiger partial charge in [-0.1, -0.05) is 59.4 Å². The Bertz CT molecular complexity index is 782. The van der Waals surface area contributed by atoms with Crippen LogP contribution in [0.15, 0.2) is 30.3 Å². The summed E-state index contributed by atoms with van der Waals surface area (Å²) in [5.41, 5.74) is 0.707. The van der Waals surface area contributed by atoms with E-state index in [0.717, 1.165) is 0 Å². The zero-order valence-corrected chi connectivity index (χ0v) is 18.2. The first kappa shape index (κ1) is 26.5. The maximum Gasteiger partial charge on any atom is 0.309 e. The summed E-state index contributed by atoms with van der Waals surface area (Å²) >= 11 is 0. The van der Waals surface area contributed by atoms with Gasteiger partial charge in [0.05, 0.1) is 11.8 Å². The standard InChI is InChI=1S/C17H27NO10P2/c1-12(14-6-4-3-5-7-14)15(16(19)20)13(2)17(21)28-9-8-18(10-29(22,23)24)11-30(25,26)27/h3-7,12-13,15H,8-11H2,1-2H3,(H,19,20)(H2,22,23,24)(H2,25,26,27)/p-4. The average molecular weight is 463 g/mol. The van der Waals surface area contributed by atoms with Crippen molar-refractivity contribution in [3.63, 3.8) is 0 Å². The van der Waals surface area contributed by atoms with Gasteiger partial charge in [0.1, 0.15) is 6.61 Å². The Labute approximate surface area is 174 Å². The fraction of sp³-hybridized carbons (Fsp3) is 0.529. The van der Waals surface area contributed by atoms with Crippen LogP contribution in [0.3, 0.4) is 0 Å². The van der Waals surface area contributed by atoms with E-state index in [1.165, 1.54) is 6.92 Å². The Hall–Kier alpha value is -1.58. The van der Waals surface area contributed by atoms with Crippen LogP contribution in [0.2, 0.25) is 0 Å². The van der Waals surface area contributed by atoms with Gasteiger partial charge in [-0.05, 0) is 11.5 Å². The number of carbonyl (C=O) groups excluding carboxylic acids is 1. The van der Waals surface area contributed by atoms with Gasteiger partial charge >= 0.3 is 11.9 Å². The molecule has 11 nitrogen and oxygen atoms in total. The van der Waals surface area contributed by atoms with Gasteiger partial charge in [-0.15, -0.1) is 0 Å². The second-order valence-corrected chi connectivity index (χ2v) is 9.93. The summed E-state index contributed by atoms with van der Waals surface area (Å²) in [4.78, 5) is 68.1. The zero-order chi connectivity index (χ0) is 23.1. The van der Waals surface area contributed by atoms with Crippen molar-refractivity contribution in [1.29, 1.82) is 0 Å². The molecule has 0 aliphatic heterocycles. The fourth-order valence-electron chi connectivity index (χ4n) is 3.05. The minimum absolute atomic E-state index is 0.507. The van der Waals surface area contributed by atoms with Crippen molar-refractivity contribution in [2.24, 2.45) is 11.8 Å². The summed E-state index contributed by atoms with van der Waals surface area (Å²) < 4.78 is 26.7. The number of carboxylic acids is 1. The molecule has 1 N–H and O–H groups in total. The highest BCUT2D eigenvalue weighted by Gasteiger charge is 2.36. The van der Waals surface area contributed by atoms with Gasteiger partial charge in [-0.25, -0.2) is 0 Å². The predicted molar refractivity (Wildman–Crippen MR) is 97.8 cm³/mol. The maximum atomic E-state index is 12.3. The Morgan fingerprint density at radius 3 is 1.97 bits per heavy atom. The van der Waals surface area contributed by atoms with Crippen LogP contribution in [-0.2, 0) is 23.5 Å². The minimum Gasteiger partial charge on any atom is -0.810 e. The van der Waals surface area contributed by atoms with Gasteiger partial charge < -0.3 is 38.5 Å². The van der Waals surface area contributed by atoms with E-state index in [-0.39, 0.29) is 0 Å². The van der Waals surface area contributed by atoms with E-state index in [1.807, 2.05) is 0 Å². The SMILES string of the molecule is CC(C(=O)OCCN(CP(=O)([O-])[O-])CP(=O)([O-])[O-])C(C(=O)O)C(C)c1ccccc1. The smallest absolute Gasteiger partial charge is 0.309 e. The molecular formula is C17H23NO10P2-4. The van der Waals surface area contributed by atoms with Crippen molar-refractivity contribution in [2.75, 3.05) is 25.7 Å². The van der Waals surface area contributed by atoms with Gasteiger partial charge in [0.2, 0.25) is 0 Å². The molecule has 0 aliphatic rings. The molecule has 0 fully saturated rings. The molecule has 1 aromatic carbocycles. The monoisotopic (exact) mass is 463 g/mol. The van der Waals surface area contributed by atoms with Crippen LogP contribution in [-0.4, -0.2) is 47.7 Å². The van der Waals surface area contributed by atoms with Gasteiger partial charge in [-0.2, -0.15) is 0 Å². The van der Waals surface area contributed by atoms with Crippen LogP contribution in [0.5, 0.6) is 0 Å². The average Bonchev–Trinajstić information content (AvgIpc) is 2.59. The molecule has 3 atom stereocenters. The summed E-state index contributed by atoms with van der Waals surface area (Å²) in [5.74, 6) is -4.84. The van der Waals surface area contributed by atoms with Crippen molar-refractivity contribution in [3.8, 4) is 0 Å². The highest BCUT2D eigenvalue weighted by molar-refractivity contribution is 7.49. The van der Waals surface area contributed by atoms with Crippen molar-refractivity contribution >= 4 is 27.1 Å². The number of carboxylic acid groups (broad SMARTS) is 1. The third-order valence-electron chi connectivity index (χ3n) is 4.46. The molecule has 0 heterocycles. The molecule has 0 amide bonds. The van der Waals surface area contributed by atoms with E-state index >= 15 is 0 Å². The quantitative estimate of drug-likeness (QED) is 0.286. The van der Waals surface area contributed by atoms with Crippen molar-refractivity contribution < 1.29 is 48.1 Å². The summed E-state index contributed by atoms with van der Waals surface area (Å²) in [6.07, 6.45) is -2.45. The third kappa shape index (κ3) is 9.49. The molecule has 3 unspecified atom stereocenters. The molecule has 1 rings (SSSR count). The summed E-state index contributed by atoms with van der Waals surface area (Å²) in [7, 11) is -10.3. The fourth-order valence-corrected chi connectivity index (χ4v) is 4.67. The number of aliphatic carboxylic acids is 1. The Morgan fingerprint density at radius 1 is 1.03 bits per heavy atom. The number of benzene rings is 1. The Balaban J connectivity index is 2.77. The molecule has 0 radical (unpaired) electrons. The van der Waals surface area contributed by atoms with Crippen LogP contribution >= 0.6 is 15.2 Å². The molecule has 0 aliphatic carbocycles. The normalized spacial score (nSPS) is 15.4. The highest BCUT2D eigenvalue weighted by Crippen LogP contribution is 2.32. The number of hydrogen-bond donors (Lipinski definition) is 1. The van der Waals surface area contributed by atoms with Crippen LogP contribution in [0.1, 0.15) is 25.3 Å². The molecule has 0 saturated heterocycles. The maximum absolute atomic E-state index is 12.3. The predicted octanol–water partition coefficient (Wildman–Crippen LogP) is -1.29. The van der Waals surface area contributed by atoms with Crippen LogP contribution in [0, 0.1) is 11.8 Å². The second-order valence-electron chi connectivity index (χ2n) is 6.92. The van der Waals surface area contributed by atoms with Gasteiger partial charge in [0.25, 0.3) is 0 Å². The van der Waals surface area contributed by atoms with Crippen LogP contribution in [0.25, 0.3) is 0 Å². The number of nitrogens with zero attached hydrogens (tertiary/aromatic N) is 1. The number of rotatable bonds is 12. The van der Waals surface area contributed by atoms with Crippen molar-refractivity contribution in [3.05, 3.63) is 35.9 Å². The van der Waals surface area contributed by atoms with E-state index in [1.54, 1.807) is 37.3 Å². The van der Waals surface area contributed by atoms with Gasteiger partial charge in [-0.3, -0.25) is 14.5 Å². The first-order valence-corrected chi connectivity index (χ1v) is 12.4. The topological polar surface area (TPSA) is 193 Å². The molecule has 0 saturated carbocycles. The first-order chi connectivity index (χ1) is 13.7. The molecular weight excluding hydrogens is 440 g/mol. The van der Waals surface area contributed by atoms with Crippen LogP contribution in [0.4, 0.5) is 0 Å². The third-order valence-corrected chi connectivity index (χ3v) is 5.95. The van der Waals surface area contributed by atoms with Gasteiger partial charge in [0.15, 0.2) is 0 Å². The second kappa shape index (κ2) is 11.2. The van der Waals surface area contributed by atoms with E-state index in [9.17, 15) is 43.4 Å². The van der Waals surface area contributed by atoms with E-state index in [0.29, 0.717) is 10.5 Å². The molecule has 30 heavy (non-hydrogen) atoms. The Morgan fingerprint density at radius 2 is 1.53 bits per heavy atom. The minimum atomic E-state index is -5.16. The molecule has 170 valence electrons. The summed E-state index contributed by atoms with van der Waals surface area (Å²) in [6.45, 7) is 1.98. The first-order valence-electron chi connectivity index (χ1n) is 8.90. The van der Waals surface area contributed by atoms with E-state index < -0.39 is 70.6 Å². The highest BCUT2D eigenvalue weighted by atomic mass is 31.2. The number of hydrogen-bond acceptors (Lipinski definition) is 10. The lowest BCUT2D eigenvalue weighted by Crippen LogP contribution is -2.39. The molecule has 1 aromatic rings. The molecule has 0 aromatic heterocycles. The lowest BCUT2D eigenvalue weighted by Gasteiger charge is -2.40. The summed E-state index contributed by atoms with van der Waals surface area (Å²) in [5, 5.41) is 9.58.